The largest absolute Gasteiger partial charge is 0.488 e. The summed E-state index contributed by atoms with van der Waals surface area (Å²) < 4.78 is 10.9. The zero-order valence-electron chi connectivity index (χ0n) is 12.8. The van der Waals surface area contributed by atoms with Crippen LogP contribution in [0.5, 0.6) is 5.75 Å². The van der Waals surface area contributed by atoms with Crippen LogP contribution >= 0.6 is 0 Å². The van der Waals surface area contributed by atoms with E-state index >= 15 is 0 Å². The molecule has 0 spiro atoms. The Hall–Kier alpha value is -2.33. The van der Waals surface area contributed by atoms with E-state index in [0.717, 1.165) is 34.4 Å². The fourth-order valence-corrected chi connectivity index (χ4v) is 2.93. The van der Waals surface area contributed by atoms with Crippen molar-refractivity contribution in [1.82, 2.24) is 0 Å². The monoisotopic (exact) mass is 297 g/mol. The second-order valence-electron chi connectivity index (χ2n) is 5.52. The lowest BCUT2D eigenvalue weighted by atomic mass is 9.94. The van der Waals surface area contributed by atoms with Crippen LogP contribution in [-0.4, -0.2) is 25.7 Å². The Morgan fingerprint density at radius 1 is 1.32 bits per heavy atom. The van der Waals surface area contributed by atoms with E-state index in [1.807, 2.05) is 31.2 Å². The van der Waals surface area contributed by atoms with Crippen molar-refractivity contribution in [3.8, 4) is 16.9 Å². The van der Waals surface area contributed by atoms with Gasteiger partial charge in [-0.1, -0.05) is 24.3 Å². The minimum Gasteiger partial charge on any atom is -0.488 e. The van der Waals surface area contributed by atoms with Crippen molar-refractivity contribution in [3.63, 3.8) is 0 Å². The number of hydrogen-bond donors (Lipinski definition) is 1. The lowest BCUT2D eigenvalue weighted by molar-refractivity contribution is 0.0601. The van der Waals surface area contributed by atoms with Crippen molar-refractivity contribution in [2.75, 3.05) is 13.7 Å². The highest BCUT2D eigenvalue weighted by Crippen LogP contribution is 2.41. The third-order valence-electron chi connectivity index (χ3n) is 3.93. The predicted molar refractivity (Wildman–Crippen MR) is 85.1 cm³/mol. The van der Waals surface area contributed by atoms with Crippen LogP contribution in [0.15, 0.2) is 36.4 Å². The second kappa shape index (κ2) is 5.81. The second-order valence-corrected chi connectivity index (χ2v) is 5.52. The summed E-state index contributed by atoms with van der Waals surface area (Å²) >= 11 is 0. The van der Waals surface area contributed by atoms with Gasteiger partial charge in [-0.3, -0.25) is 0 Å². The number of ether oxygens (including phenoxy) is 2. The molecular weight excluding hydrogens is 278 g/mol. The van der Waals surface area contributed by atoms with Crippen LogP contribution in [0.1, 0.15) is 21.5 Å². The van der Waals surface area contributed by atoms with Crippen LogP contribution in [0.3, 0.4) is 0 Å². The summed E-state index contributed by atoms with van der Waals surface area (Å²) in [5.74, 6) is 0.483. The molecule has 2 N–H and O–H groups in total. The highest BCUT2D eigenvalue weighted by molar-refractivity contribution is 5.98. The van der Waals surface area contributed by atoms with Gasteiger partial charge in [-0.15, -0.1) is 0 Å². The average molecular weight is 297 g/mol. The molecule has 4 nitrogen and oxygen atoms in total. The lowest BCUT2D eigenvalue weighted by Gasteiger charge is -2.14. The topological polar surface area (TPSA) is 61.5 Å². The zero-order valence-corrected chi connectivity index (χ0v) is 12.8. The fourth-order valence-electron chi connectivity index (χ4n) is 2.93. The van der Waals surface area contributed by atoms with Gasteiger partial charge in [0, 0.05) is 18.5 Å². The van der Waals surface area contributed by atoms with E-state index in [2.05, 4.69) is 6.07 Å². The summed E-state index contributed by atoms with van der Waals surface area (Å²) in [6.07, 6.45) is 0.807. The van der Waals surface area contributed by atoms with E-state index < -0.39 is 0 Å². The van der Waals surface area contributed by atoms with Crippen molar-refractivity contribution in [2.24, 2.45) is 5.73 Å². The normalized spacial score (nSPS) is 16.0. The molecule has 0 aromatic heterocycles. The van der Waals surface area contributed by atoms with Gasteiger partial charge in [0.2, 0.25) is 0 Å². The van der Waals surface area contributed by atoms with Crippen molar-refractivity contribution < 1.29 is 14.3 Å². The van der Waals surface area contributed by atoms with Gasteiger partial charge in [-0.2, -0.15) is 0 Å². The first-order valence-corrected chi connectivity index (χ1v) is 7.32. The number of rotatable bonds is 3. The van der Waals surface area contributed by atoms with E-state index in [0.29, 0.717) is 12.1 Å². The van der Waals surface area contributed by atoms with Crippen molar-refractivity contribution in [2.45, 2.75) is 19.4 Å². The maximum atomic E-state index is 12.0. The van der Waals surface area contributed by atoms with Gasteiger partial charge in [0.25, 0.3) is 0 Å². The van der Waals surface area contributed by atoms with Crippen LogP contribution in [0.2, 0.25) is 0 Å². The third kappa shape index (κ3) is 2.46. The maximum absolute atomic E-state index is 12.0. The molecule has 1 heterocycles. The summed E-state index contributed by atoms with van der Waals surface area (Å²) in [6.45, 7) is 2.52. The van der Waals surface area contributed by atoms with Gasteiger partial charge >= 0.3 is 5.97 Å². The first-order valence-electron chi connectivity index (χ1n) is 7.32. The highest BCUT2D eigenvalue weighted by Gasteiger charge is 2.27. The molecule has 0 fully saturated rings. The SMILES string of the molecule is COC(=O)c1ccccc1-c1cc(C)cc2c1OC(CN)C2. The number of carbonyl (C=O) groups excluding carboxylic acids is 1. The van der Waals surface area contributed by atoms with E-state index in [1.54, 1.807) is 6.07 Å². The lowest BCUT2D eigenvalue weighted by Crippen LogP contribution is -2.24. The minimum absolute atomic E-state index is 0.000777. The Balaban J connectivity index is 2.17. The minimum atomic E-state index is -0.348. The number of aryl methyl sites for hydroxylation is 1. The Kier molecular flexibility index (Phi) is 3.86. The standard InChI is InChI=1S/C18H19NO3/c1-11-7-12-9-13(10-19)22-17(12)16(8-11)14-5-3-4-6-15(14)18(20)21-2/h3-8,13H,9-10,19H2,1-2H3. The number of benzene rings is 2. The first kappa shape index (κ1) is 14.6. The smallest absolute Gasteiger partial charge is 0.338 e. The number of carbonyl (C=O) groups is 1. The molecule has 22 heavy (non-hydrogen) atoms. The molecule has 4 heteroatoms. The fraction of sp³-hybridized carbons (Fsp3) is 0.278. The van der Waals surface area contributed by atoms with Crippen LogP contribution < -0.4 is 10.5 Å². The molecule has 0 radical (unpaired) electrons. The van der Waals surface area contributed by atoms with Crippen LogP contribution in [-0.2, 0) is 11.2 Å². The van der Waals surface area contributed by atoms with Crippen LogP contribution in [0, 0.1) is 6.92 Å². The number of hydrogen-bond acceptors (Lipinski definition) is 4. The van der Waals surface area contributed by atoms with Crippen molar-refractivity contribution in [3.05, 3.63) is 53.1 Å². The first-order chi connectivity index (χ1) is 10.6. The molecule has 1 aliphatic heterocycles. The molecule has 1 aliphatic rings. The van der Waals surface area contributed by atoms with Gasteiger partial charge < -0.3 is 15.2 Å². The Labute approximate surface area is 129 Å². The van der Waals surface area contributed by atoms with E-state index in [9.17, 15) is 4.79 Å². The van der Waals surface area contributed by atoms with Gasteiger partial charge in [-0.05, 0) is 35.7 Å². The Bertz CT molecular complexity index is 724. The van der Waals surface area contributed by atoms with Gasteiger partial charge in [0.1, 0.15) is 11.9 Å². The summed E-state index contributed by atoms with van der Waals surface area (Å²) in [4.78, 5) is 12.0. The number of methoxy groups -OCH3 is 1. The van der Waals surface area contributed by atoms with E-state index in [-0.39, 0.29) is 12.1 Å². The summed E-state index contributed by atoms with van der Waals surface area (Å²) in [5, 5.41) is 0. The molecule has 2 aromatic rings. The van der Waals surface area contributed by atoms with Gasteiger partial charge in [0.05, 0.1) is 12.7 Å². The summed E-state index contributed by atoms with van der Waals surface area (Å²) in [5.41, 5.74) is 10.3. The van der Waals surface area contributed by atoms with E-state index in [4.69, 9.17) is 15.2 Å². The van der Waals surface area contributed by atoms with Gasteiger partial charge in [-0.25, -0.2) is 4.79 Å². The van der Waals surface area contributed by atoms with Crippen LogP contribution in [0.25, 0.3) is 11.1 Å². The van der Waals surface area contributed by atoms with Crippen molar-refractivity contribution >= 4 is 5.97 Å². The molecular formula is C18H19NO3. The quantitative estimate of drug-likeness (QED) is 0.885. The molecule has 1 unspecified atom stereocenters. The molecule has 2 aromatic carbocycles. The number of fused-ring (bicyclic) bond motifs is 1. The molecule has 1 atom stereocenters. The zero-order chi connectivity index (χ0) is 15.7. The summed E-state index contributed by atoms with van der Waals surface area (Å²) in [6, 6.07) is 11.6. The third-order valence-corrected chi connectivity index (χ3v) is 3.93. The molecule has 0 saturated heterocycles. The predicted octanol–water partition coefficient (Wildman–Crippen LogP) is 2.71. The van der Waals surface area contributed by atoms with E-state index in [1.165, 1.54) is 7.11 Å². The summed E-state index contributed by atoms with van der Waals surface area (Å²) in [7, 11) is 1.39. The van der Waals surface area contributed by atoms with Gasteiger partial charge in [0.15, 0.2) is 0 Å². The van der Waals surface area contributed by atoms with Crippen molar-refractivity contribution in [1.29, 1.82) is 0 Å². The Morgan fingerprint density at radius 2 is 2.09 bits per heavy atom. The molecule has 0 bridgehead atoms. The Morgan fingerprint density at radius 3 is 2.82 bits per heavy atom. The number of esters is 1. The molecule has 114 valence electrons. The average Bonchev–Trinajstić information content (AvgIpc) is 2.96. The molecule has 0 saturated carbocycles. The maximum Gasteiger partial charge on any atom is 0.338 e. The molecule has 0 aliphatic carbocycles. The van der Waals surface area contributed by atoms with Crippen LogP contribution in [0.4, 0.5) is 0 Å². The molecule has 3 rings (SSSR count). The number of nitrogens with two attached hydrogens (primary N) is 1. The molecule has 0 amide bonds. The highest BCUT2D eigenvalue weighted by atomic mass is 16.5.